The molecule has 0 amide bonds. The summed E-state index contributed by atoms with van der Waals surface area (Å²) in [6, 6.07) is 11.2. The average molecular weight is 487 g/mol. The van der Waals surface area contributed by atoms with Gasteiger partial charge in [-0.25, -0.2) is 0 Å². The zero-order valence-electron chi connectivity index (χ0n) is 18.9. The molecule has 1 unspecified atom stereocenters. The van der Waals surface area contributed by atoms with Gasteiger partial charge < -0.3 is 10.0 Å². The first-order valence-corrected chi connectivity index (χ1v) is 11.1. The van der Waals surface area contributed by atoms with E-state index in [-0.39, 0.29) is 49.5 Å². The molecule has 9 heteroatoms. The van der Waals surface area contributed by atoms with Crippen molar-refractivity contribution >= 4 is 11.7 Å². The molecule has 2 aromatic carbocycles. The summed E-state index contributed by atoms with van der Waals surface area (Å²) in [4.78, 5) is 13.4. The number of hydrogen-bond acceptors (Lipinski definition) is 2. The Kier molecular flexibility index (Phi) is 7.53. The van der Waals surface area contributed by atoms with E-state index < -0.39 is 35.7 Å². The SMILES string of the molecule is CC(C)CC(C(=O)O)c1cc(-c2ccccc2)cc(N2CCC(C(F)(F)F)CC2)c1C(F)(F)F. The standard InChI is InChI=1S/C25H27F6NO2/c1-15(2)12-20(23(33)34)19-13-17(16-6-4-3-5-7-16)14-21(22(19)25(29,30)31)32-10-8-18(9-11-32)24(26,27)28/h3-7,13-15,18,20H,8-12H2,1-2H3,(H,33,34). The summed E-state index contributed by atoms with van der Waals surface area (Å²) in [6.45, 7) is 3.06. The fourth-order valence-electron chi connectivity index (χ4n) is 4.56. The molecule has 0 bridgehead atoms. The van der Waals surface area contributed by atoms with Crippen molar-refractivity contribution in [3.8, 4) is 11.1 Å². The van der Waals surface area contributed by atoms with Crippen molar-refractivity contribution in [1.29, 1.82) is 0 Å². The van der Waals surface area contributed by atoms with Crippen LogP contribution < -0.4 is 4.90 Å². The van der Waals surface area contributed by atoms with Crippen molar-refractivity contribution in [2.24, 2.45) is 11.8 Å². The van der Waals surface area contributed by atoms with E-state index in [2.05, 4.69) is 0 Å². The number of carbonyl (C=O) groups is 1. The number of piperidine rings is 1. The lowest BCUT2D eigenvalue weighted by molar-refractivity contribution is -0.179. The van der Waals surface area contributed by atoms with Crippen molar-refractivity contribution in [2.45, 2.75) is 51.4 Å². The van der Waals surface area contributed by atoms with Gasteiger partial charge in [-0.2, -0.15) is 26.3 Å². The molecule has 1 atom stereocenters. The van der Waals surface area contributed by atoms with Gasteiger partial charge in [0, 0.05) is 18.8 Å². The molecule has 1 fully saturated rings. The fraction of sp³-hybridized carbons (Fsp3) is 0.480. The summed E-state index contributed by atoms with van der Waals surface area (Å²) >= 11 is 0. The molecule has 3 rings (SSSR count). The van der Waals surface area contributed by atoms with Crippen LogP contribution in [-0.4, -0.2) is 30.3 Å². The highest BCUT2D eigenvalue weighted by atomic mass is 19.4. The highest BCUT2D eigenvalue weighted by Crippen LogP contribution is 2.46. The van der Waals surface area contributed by atoms with Gasteiger partial charge >= 0.3 is 18.3 Å². The van der Waals surface area contributed by atoms with E-state index >= 15 is 0 Å². The van der Waals surface area contributed by atoms with Gasteiger partial charge in [-0.05, 0) is 54.0 Å². The minimum absolute atomic E-state index is 0.00769. The third kappa shape index (κ3) is 5.85. The molecule has 34 heavy (non-hydrogen) atoms. The molecule has 1 aliphatic heterocycles. The Morgan fingerprint density at radius 2 is 1.59 bits per heavy atom. The maximum Gasteiger partial charge on any atom is 0.418 e. The van der Waals surface area contributed by atoms with E-state index in [4.69, 9.17) is 0 Å². The maximum absolute atomic E-state index is 14.4. The summed E-state index contributed by atoms with van der Waals surface area (Å²) < 4.78 is 82.7. The smallest absolute Gasteiger partial charge is 0.418 e. The fourth-order valence-corrected chi connectivity index (χ4v) is 4.56. The summed E-state index contributed by atoms with van der Waals surface area (Å²) in [5.41, 5.74) is -0.711. The molecular weight excluding hydrogens is 460 g/mol. The minimum Gasteiger partial charge on any atom is -0.481 e. The first-order valence-electron chi connectivity index (χ1n) is 11.1. The molecule has 2 aromatic rings. The van der Waals surface area contributed by atoms with Crippen LogP contribution in [0, 0.1) is 11.8 Å². The number of carboxylic acids is 1. The Morgan fingerprint density at radius 3 is 2.06 bits per heavy atom. The zero-order valence-corrected chi connectivity index (χ0v) is 18.9. The second-order valence-corrected chi connectivity index (χ2v) is 9.15. The molecule has 1 aliphatic rings. The lowest BCUT2D eigenvalue weighted by atomic mass is 9.84. The van der Waals surface area contributed by atoms with Crippen LogP contribution in [0.15, 0.2) is 42.5 Å². The Balaban J connectivity index is 2.21. The van der Waals surface area contributed by atoms with E-state index in [0.717, 1.165) is 0 Å². The number of anilines is 1. The second kappa shape index (κ2) is 9.88. The Labute approximate surface area is 194 Å². The number of halogens is 6. The van der Waals surface area contributed by atoms with Crippen LogP contribution in [0.25, 0.3) is 11.1 Å². The molecule has 1 saturated heterocycles. The number of benzene rings is 2. The largest absolute Gasteiger partial charge is 0.481 e. The third-order valence-electron chi connectivity index (χ3n) is 6.22. The van der Waals surface area contributed by atoms with Crippen LogP contribution >= 0.6 is 0 Å². The van der Waals surface area contributed by atoms with Crippen LogP contribution in [0.3, 0.4) is 0 Å². The van der Waals surface area contributed by atoms with Gasteiger partial charge in [-0.1, -0.05) is 44.2 Å². The summed E-state index contributed by atoms with van der Waals surface area (Å²) in [6.07, 6.45) is -9.93. The number of aliphatic carboxylic acids is 1. The third-order valence-corrected chi connectivity index (χ3v) is 6.22. The Hall–Kier alpha value is -2.71. The van der Waals surface area contributed by atoms with Gasteiger partial charge in [0.05, 0.1) is 17.4 Å². The van der Waals surface area contributed by atoms with E-state index in [1.165, 1.54) is 17.0 Å². The highest BCUT2D eigenvalue weighted by Gasteiger charge is 2.44. The van der Waals surface area contributed by atoms with Crippen molar-refractivity contribution in [3.63, 3.8) is 0 Å². The molecule has 1 N–H and O–H groups in total. The van der Waals surface area contributed by atoms with Gasteiger partial charge in [0.1, 0.15) is 0 Å². The first kappa shape index (κ1) is 25.9. The number of hydrogen-bond donors (Lipinski definition) is 1. The summed E-state index contributed by atoms with van der Waals surface area (Å²) in [5, 5.41) is 9.85. The molecule has 186 valence electrons. The van der Waals surface area contributed by atoms with Crippen molar-refractivity contribution < 1.29 is 36.2 Å². The van der Waals surface area contributed by atoms with Crippen molar-refractivity contribution in [2.75, 3.05) is 18.0 Å². The topological polar surface area (TPSA) is 40.5 Å². The molecular formula is C25H27F6NO2. The maximum atomic E-state index is 14.4. The van der Waals surface area contributed by atoms with E-state index in [0.29, 0.717) is 11.1 Å². The molecule has 0 aliphatic carbocycles. The lowest BCUT2D eigenvalue weighted by Crippen LogP contribution is -2.40. The molecule has 0 aromatic heterocycles. The van der Waals surface area contributed by atoms with Crippen LogP contribution in [0.5, 0.6) is 0 Å². The monoisotopic (exact) mass is 487 g/mol. The van der Waals surface area contributed by atoms with Crippen LogP contribution in [0.1, 0.15) is 50.2 Å². The average Bonchev–Trinajstić information content (AvgIpc) is 2.75. The number of rotatable bonds is 6. The molecule has 1 heterocycles. The number of nitrogens with zero attached hydrogens (tertiary/aromatic N) is 1. The molecule has 0 saturated carbocycles. The van der Waals surface area contributed by atoms with Crippen molar-refractivity contribution in [1.82, 2.24) is 0 Å². The minimum atomic E-state index is -4.88. The highest BCUT2D eigenvalue weighted by molar-refractivity contribution is 5.81. The van der Waals surface area contributed by atoms with Gasteiger partial charge in [-0.15, -0.1) is 0 Å². The molecule has 3 nitrogen and oxygen atoms in total. The normalized spacial score (nSPS) is 16.7. The van der Waals surface area contributed by atoms with Gasteiger partial charge in [-0.3, -0.25) is 4.79 Å². The molecule has 0 radical (unpaired) electrons. The Morgan fingerprint density at radius 1 is 1.00 bits per heavy atom. The Bertz CT molecular complexity index is 993. The first-order chi connectivity index (χ1) is 15.8. The van der Waals surface area contributed by atoms with E-state index in [1.807, 2.05) is 0 Å². The quantitative estimate of drug-likeness (QED) is 0.433. The zero-order chi connectivity index (χ0) is 25.3. The van der Waals surface area contributed by atoms with E-state index in [9.17, 15) is 36.2 Å². The molecule has 0 spiro atoms. The summed E-state index contributed by atoms with van der Waals surface area (Å²) in [7, 11) is 0. The van der Waals surface area contributed by atoms with E-state index in [1.54, 1.807) is 44.2 Å². The van der Waals surface area contributed by atoms with Crippen LogP contribution in [0.4, 0.5) is 32.0 Å². The second-order valence-electron chi connectivity index (χ2n) is 9.15. The number of alkyl halides is 6. The predicted octanol–water partition coefficient (Wildman–Crippen LogP) is 7.37. The van der Waals surface area contributed by atoms with Crippen LogP contribution in [-0.2, 0) is 11.0 Å². The van der Waals surface area contributed by atoms with Gasteiger partial charge in [0.25, 0.3) is 0 Å². The summed E-state index contributed by atoms with van der Waals surface area (Å²) in [5.74, 6) is -4.53. The predicted molar refractivity (Wildman–Crippen MR) is 118 cm³/mol. The van der Waals surface area contributed by atoms with Crippen LogP contribution in [0.2, 0.25) is 0 Å². The number of carboxylic acid groups (broad SMARTS) is 1. The lowest BCUT2D eigenvalue weighted by Gasteiger charge is -2.37. The van der Waals surface area contributed by atoms with Gasteiger partial charge in [0.15, 0.2) is 0 Å². The van der Waals surface area contributed by atoms with Crippen molar-refractivity contribution in [3.05, 3.63) is 53.6 Å². The van der Waals surface area contributed by atoms with Gasteiger partial charge in [0.2, 0.25) is 0 Å².